The van der Waals surface area contributed by atoms with Crippen molar-refractivity contribution >= 4 is 39.5 Å². The Morgan fingerprint density at radius 3 is 2.63 bits per heavy atom. The number of carbonyl (C=O) groups excluding carboxylic acids is 4. The zero-order chi connectivity index (χ0) is 31.0. The van der Waals surface area contributed by atoms with Crippen molar-refractivity contribution in [1.29, 1.82) is 5.26 Å². The first kappa shape index (κ1) is 30.5. The Bertz CT molecular complexity index is 1500. The summed E-state index contributed by atoms with van der Waals surface area (Å²) in [5.41, 5.74) is -0.722. The number of hydrogen-bond acceptors (Lipinski definition) is 8. The predicted molar refractivity (Wildman–Crippen MR) is 156 cm³/mol. The summed E-state index contributed by atoms with van der Waals surface area (Å²) in [7, 11) is -2.25. The van der Waals surface area contributed by atoms with Gasteiger partial charge in [0.15, 0.2) is 0 Å². The fourth-order valence-electron chi connectivity index (χ4n) is 5.96. The summed E-state index contributed by atoms with van der Waals surface area (Å²) in [5.74, 6) is -3.67. The first-order valence-electron chi connectivity index (χ1n) is 14.7. The van der Waals surface area contributed by atoms with Crippen molar-refractivity contribution in [3.05, 3.63) is 42.0 Å². The molecule has 4 amide bonds. The van der Waals surface area contributed by atoms with E-state index in [1.54, 1.807) is 37.1 Å². The molecule has 43 heavy (non-hydrogen) atoms. The minimum absolute atomic E-state index is 0.0519. The summed E-state index contributed by atoms with van der Waals surface area (Å²) in [6.07, 6.45) is 5.83. The smallest absolute Gasteiger partial charge is 0.411 e. The van der Waals surface area contributed by atoms with Gasteiger partial charge in [0.25, 0.3) is 5.91 Å². The van der Waals surface area contributed by atoms with E-state index in [9.17, 15) is 27.6 Å². The molecule has 0 saturated heterocycles. The minimum atomic E-state index is -3.93. The number of carbonyl (C=O) groups is 4. The van der Waals surface area contributed by atoms with Crippen molar-refractivity contribution in [2.75, 3.05) is 18.9 Å². The molecule has 3 N–H and O–H groups in total. The molecule has 5 rings (SSSR count). The van der Waals surface area contributed by atoms with Crippen molar-refractivity contribution in [3.63, 3.8) is 0 Å². The number of amides is 4. The Hall–Kier alpha value is -3.92. The van der Waals surface area contributed by atoms with Crippen LogP contribution in [-0.2, 0) is 29.1 Å². The Morgan fingerprint density at radius 2 is 1.91 bits per heavy atom. The lowest BCUT2D eigenvalue weighted by Crippen LogP contribution is -2.55. The summed E-state index contributed by atoms with van der Waals surface area (Å²) in [4.78, 5) is 55.1. The number of benzene rings is 1. The van der Waals surface area contributed by atoms with Crippen LogP contribution in [-0.4, -0.2) is 67.1 Å². The molecule has 5 atom stereocenters. The van der Waals surface area contributed by atoms with Gasteiger partial charge in [-0.1, -0.05) is 18.2 Å². The topological polar surface area (TPSA) is 175 Å². The minimum Gasteiger partial charge on any atom is -0.446 e. The second-order valence-electron chi connectivity index (χ2n) is 12.4. The van der Waals surface area contributed by atoms with Crippen LogP contribution in [0.2, 0.25) is 0 Å². The molecule has 1 aromatic rings. The zero-order valence-corrected chi connectivity index (χ0v) is 25.1. The van der Waals surface area contributed by atoms with E-state index in [-0.39, 0.29) is 31.1 Å². The average molecular weight is 612 g/mol. The second kappa shape index (κ2) is 11.6. The lowest BCUT2D eigenvalue weighted by atomic mass is 9.93. The standard InChI is InChI=1S/C30H37N5O7S/c1-29(11-12-29)43(40,41)34-27(38)30-17-20(30)9-5-3-4-6-13-35(2)26(37)24-16-22(15-23(24)25(36)33-30)42-28(39)32-21-10-7-8-19(14-21)18-31/h5,7-10,14,20,22-24H,3-4,6,11-13,15-17H2,1-2H3,(H,32,39)(H,33,36)(H,34,38). The number of nitrogens with one attached hydrogen (secondary N) is 3. The highest BCUT2D eigenvalue weighted by molar-refractivity contribution is 7.91. The van der Waals surface area contributed by atoms with Gasteiger partial charge in [0, 0.05) is 25.2 Å². The molecule has 5 unspecified atom stereocenters. The molecule has 1 aliphatic heterocycles. The van der Waals surface area contributed by atoms with Crippen LogP contribution >= 0.6 is 0 Å². The fraction of sp³-hybridized carbons (Fsp3) is 0.567. The van der Waals surface area contributed by atoms with E-state index in [0.29, 0.717) is 30.6 Å². The van der Waals surface area contributed by atoms with Crippen molar-refractivity contribution in [3.8, 4) is 6.07 Å². The number of hydrogen-bond donors (Lipinski definition) is 3. The van der Waals surface area contributed by atoms with E-state index < -0.39 is 56.2 Å². The van der Waals surface area contributed by atoms with Crippen LogP contribution in [0.4, 0.5) is 10.5 Å². The average Bonchev–Trinajstić information content (AvgIpc) is 3.84. The summed E-state index contributed by atoms with van der Waals surface area (Å²) in [6.45, 7) is 2.09. The number of anilines is 1. The first-order valence-corrected chi connectivity index (χ1v) is 16.1. The van der Waals surface area contributed by atoms with Gasteiger partial charge in [-0.2, -0.15) is 5.26 Å². The van der Waals surface area contributed by atoms with E-state index in [2.05, 4.69) is 15.4 Å². The van der Waals surface area contributed by atoms with Crippen LogP contribution in [0, 0.1) is 29.1 Å². The van der Waals surface area contributed by atoms with Gasteiger partial charge in [0.05, 0.1) is 28.2 Å². The number of allylic oxidation sites excluding steroid dienone is 1. The molecule has 3 aliphatic carbocycles. The number of fused-ring (bicyclic) bond motifs is 2. The van der Waals surface area contributed by atoms with E-state index >= 15 is 0 Å². The third kappa shape index (κ3) is 6.39. The highest BCUT2D eigenvalue weighted by Crippen LogP contribution is 2.48. The molecule has 0 spiro atoms. The monoisotopic (exact) mass is 611 g/mol. The number of sulfonamides is 1. The number of nitrogens with zero attached hydrogens (tertiary/aromatic N) is 2. The molecule has 0 bridgehead atoms. The summed E-state index contributed by atoms with van der Waals surface area (Å²) in [5, 5.41) is 14.5. The normalized spacial score (nSPS) is 30.0. The molecule has 3 saturated carbocycles. The Labute approximate surface area is 251 Å². The Kier molecular flexibility index (Phi) is 8.26. The quantitative estimate of drug-likeness (QED) is 0.426. The molecular formula is C30H37N5O7S. The van der Waals surface area contributed by atoms with Crippen LogP contribution in [0.25, 0.3) is 0 Å². The van der Waals surface area contributed by atoms with Crippen molar-refractivity contribution < 1.29 is 32.3 Å². The molecule has 1 heterocycles. The highest BCUT2D eigenvalue weighted by Gasteiger charge is 2.63. The van der Waals surface area contributed by atoms with Gasteiger partial charge in [-0.05, 0) is 76.5 Å². The molecule has 230 valence electrons. The lowest BCUT2D eigenvalue weighted by molar-refractivity contribution is -0.140. The van der Waals surface area contributed by atoms with Crippen LogP contribution in [0.5, 0.6) is 0 Å². The van der Waals surface area contributed by atoms with Crippen LogP contribution in [0.3, 0.4) is 0 Å². The second-order valence-corrected chi connectivity index (χ2v) is 14.6. The van der Waals surface area contributed by atoms with Gasteiger partial charge < -0.3 is 15.0 Å². The van der Waals surface area contributed by atoms with Gasteiger partial charge in [0.1, 0.15) is 11.6 Å². The van der Waals surface area contributed by atoms with E-state index in [1.807, 2.05) is 18.2 Å². The first-order chi connectivity index (χ1) is 20.4. The molecular weight excluding hydrogens is 574 g/mol. The van der Waals surface area contributed by atoms with Crippen molar-refractivity contribution in [2.24, 2.45) is 17.8 Å². The number of nitriles is 1. The summed E-state index contributed by atoms with van der Waals surface area (Å²) >= 11 is 0. The third-order valence-electron chi connectivity index (χ3n) is 9.14. The number of ether oxygens (including phenoxy) is 1. The summed E-state index contributed by atoms with van der Waals surface area (Å²) < 4.78 is 32.6. The van der Waals surface area contributed by atoms with Gasteiger partial charge in [-0.3, -0.25) is 24.4 Å². The third-order valence-corrected chi connectivity index (χ3v) is 11.3. The predicted octanol–water partition coefficient (Wildman–Crippen LogP) is 2.57. The molecule has 13 heteroatoms. The van der Waals surface area contributed by atoms with Gasteiger partial charge in [-0.15, -0.1) is 0 Å². The molecule has 3 fully saturated rings. The van der Waals surface area contributed by atoms with E-state index in [0.717, 1.165) is 19.3 Å². The maximum absolute atomic E-state index is 13.8. The molecule has 0 radical (unpaired) electrons. The molecule has 0 aromatic heterocycles. The van der Waals surface area contributed by atoms with Gasteiger partial charge >= 0.3 is 6.09 Å². The van der Waals surface area contributed by atoms with Crippen molar-refractivity contribution in [1.82, 2.24) is 14.9 Å². The maximum atomic E-state index is 13.8. The largest absolute Gasteiger partial charge is 0.446 e. The molecule has 12 nitrogen and oxygen atoms in total. The maximum Gasteiger partial charge on any atom is 0.411 e. The van der Waals surface area contributed by atoms with Gasteiger partial charge in [0.2, 0.25) is 21.8 Å². The fourth-order valence-corrected chi connectivity index (χ4v) is 7.27. The van der Waals surface area contributed by atoms with Crippen molar-refractivity contribution in [2.45, 2.75) is 74.7 Å². The number of rotatable bonds is 5. The van der Waals surface area contributed by atoms with Crippen LogP contribution in [0.1, 0.15) is 63.9 Å². The van der Waals surface area contributed by atoms with E-state index in [1.165, 1.54) is 6.07 Å². The molecule has 1 aromatic carbocycles. The summed E-state index contributed by atoms with van der Waals surface area (Å²) in [6, 6.07) is 8.31. The molecule has 4 aliphatic rings. The van der Waals surface area contributed by atoms with Gasteiger partial charge in [-0.25, -0.2) is 13.2 Å². The van der Waals surface area contributed by atoms with Crippen LogP contribution < -0.4 is 15.4 Å². The zero-order valence-electron chi connectivity index (χ0n) is 24.3. The Balaban J connectivity index is 1.35. The van der Waals surface area contributed by atoms with Crippen LogP contribution in [0.15, 0.2) is 36.4 Å². The van der Waals surface area contributed by atoms with E-state index in [4.69, 9.17) is 10.00 Å². The lowest BCUT2D eigenvalue weighted by Gasteiger charge is -2.27. The Morgan fingerprint density at radius 1 is 1.16 bits per heavy atom. The SMILES string of the molecule is CN1CCCCC=CC2CC2(C(=O)NS(=O)(=O)C2(C)CC2)NC(=O)C2CC(OC(=O)Nc3cccc(C#N)c3)CC2C1=O. The highest BCUT2D eigenvalue weighted by atomic mass is 32.2.